The molecule has 2 heterocycles. The van der Waals surface area contributed by atoms with Gasteiger partial charge in [0.15, 0.2) is 0 Å². The number of hydrogen-bond donors (Lipinski definition) is 1. The summed E-state index contributed by atoms with van der Waals surface area (Å²) in [7, 11) is 0. The molecule has 6 rings (SSSR count). The first kappa shape index (κ1) is 17.2. The maximum atomic E-state index is 4.16. The number of allylic oxidation sites excluding steroid dienone is 1. The highest BCUT2D eigenvalue weighted by atomic mass is 15.5. The number of tetrazole rings is 1. The Hall–Kier alpha value is -3.73. The summed E-state index contributed by atoms with van der Waals surface area (Å²) in [6, 6.07) is 28.5. The van der Waals surface area contributed by atoms with E-state index in [0.717, 1.165) is 24.8 Å². The van der Waals surface area contributed by atoms with E-state index in [9.17, 15) is 0 Å². The van der Waals surface area contributed by atoms with Crippen LogP contribution in [-0.2, 0) is 6.42 Å². The minimum absolute atomic E-state index is 0.280. The van der Waals surface area contributed by atoms with Gasteiger partial charge in [0, 0.05) is 16.9 Å². The van der Waals surface area contributed by atoms with Crippen LogP contribution in [0, 0.1) is 0 Å². The van der Waals surface area contributed by atoms with Crippen molar-refractivity contribution in [3.8, 4) is 11.4 Å². The molecule has 146 valence electrons. The van der Waals surface area contributed by atoms with Crippen LogP contribution in [0.25, 0.3) is 17.0 Å². The fraction of sp³-hybridized carbons (Fsp3) is 0.160. The Labute approximate surface area is 175 Å². The molecule has 1 aromatic heterocycles. The fourth-order valence-corrected chi connectivity index (χ4v) is 4.92. The molecule has 1 aliphatic carbocycles. The third kappa shape index (κ3) is 2.74. The Kier molecular flexibility index (Phi) is 3.98. The molecule has 5 heteroatoms. The number of fused-ring (bicyclic) bond motifs is 2. The molecule has 0 fully saturated rings. The van der Waals surface area contributed by atoms with Crippen LogP contribution in [0.4, 0.5) is 5.69 Å². The highest BCUT2D eigenvalue weighted by Crippen LogP contribution is 2.50. The van der Waals surface area contributed by atoms with Crippen molar-refractivity contribution in [2.75, 3.05) is 4.90 Å². The van der Waals surface area contributed by atoms with Gasteiger partial charge in [-0.3, -0.25) is 0 Å². The maximum Gasteiger partial charge on any atom is 0.204 e. The number of benzene rings is 3. The zero-order chi connectivity index (χ0) is 19.9. The topological polar surface area (TPSA) is 57.7 Å². The van der Waals surface area contributed by atoms with Gasteiger partial charge in [-0.15, -0.1) is 10.2 Å². The molecule has 0 saturated carbocycles. The van der Waals surface area contributed by atoms with Gasteiger partial charge >= 0.3 is 0 Å². The second-order valence-electron chi connectivity index (χ2n) is 7.87. The van der Waals surface area contributed by atoms with E-state index in [1.165, 1.54) is 33.6 Å². The first-order valence-electron chi connectivity index (χ1n) is 10.4. The molecule has 0 saturated heterocycles. The minimum Gasteiger partial charge on any atom is -0.337 e. The Bertz CT molecular complexity index is 1230. The molecular weight excluding hydrogens is 370 g/mol. The summed E-state index contributed by atoms with van der Waals surface area (Å²) in [6.07, 6.45) is 3.16. The van der Waals surface area contributed by atoms with Crippen molar-refractivity contribution < 1.29 is 0 Å². The van der Waals surface area contributed by atoms with Crippen LogP contribution in [0.15, 0.2) is 84.6 Å². The summed E-state index contributed by atoms with van der Waals surface area (Å²) in [6.45, 7) is 0. The summed E-state index contributed by atoms with van der Waals surface area (Å²) >= 11 is 0. The first-order chi connectivity index (χ1) is 14.9. The van der Waals surface area contributed by atoms with E-state index in [4.69, 9.17) is 0 Å². The van der Waals surface area contributed by atoms with Crippen LogP contribution >= 0.6 is 0 Å². The molecule has 0 spiro atoms. The predicted molar refractivity (Wildman–Crippen MR) is 118 cm³/mol. The van der Waals surface area contributed by atoms with Crippen LogP contribution in [0.3, 0.4) is 0 Å². The van der Waals surface area contributed by atoms with Gasteiger partial charge in [-0.2, -0.15) is 5.21 Å². The number of aryl methyl sites for hydroxylation is 1. The predicted octanol–water partition coefficient (Wildman–Crippen LogP) is 5.18. The van der Waals surface area contributed by atoms with Gasteiger partial charge < -0.3 is 4.90 Å². The lowest BCUT2D eigenvalue weighted by atomic mass is 9.88. The van der Waals surface area contributed by atoms with Crippen LogP contribution in [-0.4, -0.2) is 20.6 Å². The van der Waals surface area contributed by atoms with Crippen LogP contribution < -0.4 is 4.90 Å². The van der Waals surface area contributed by atoms with Gasteiger partial charge in [-0.25, -0.2) is 0 Å². The maximum absolute atomic E-state index is 4.16. The van der Waals surface area contributed by atoms with E-state index < -0.39 is 0 Å². The van der Waals surface area contributed by atoms with Gasteiger partial charge in [0.05, 0.1) is 6.04 Å². The summed E-state index contributed by atoms with van der Waals surface area (Å²) in [5.74, 6) is 0.621. The third-order valence-electron chi connectivity index (χ3n) is 6.23. The normalized spacial score (nSPS) is 17.7. The molecule has 3 aromatic carbocycles. The molecule has 0 radical (unpaired) electrons. The molecule has 5 nitrogen and oxygen atoms in total. The minimum atomic E-state index is 0.280. The second-order valence-corrected chi connectivity index (χ2v) is 7.87. The van der Waals surface area contributed by atoms with Crippen molar-refractivity contribution >= 4 is 11.3 Å². The smallest absolute Gasteiger partial charge is 0.204 e. The van der Waals surface area contributed by atoms with Crippen molar-refractivity contribution in [3.05, 3.63) is 101 Å². The highest BCUT2D eigenvalue weighted by molar-refractivity contribution is 5.82. The van der Waals surface area contributed by atoms with Crippen LogP contribution in [0.1, 0.15) is 35.6 Å². The molecule has 30 heavy (non-hydrogen) atoms. The average Bonchev–Trinajstić information content (AvgIpc) is 3.48. The zero-order valence-electron chi connectivity index (χ0n) is 16.5. The van der Waals surface area contributed by atoms with Crippen LogP contribution in [0.5, 0.6) is 0 Å². The van der Waals surface area contributed by atoms with E-state index in [2.05, 4.69) is 98.3 Å². The van der Waals surface area contributed by atoms with E-state index in [1.54, 1.807) is 0 Å². The van der Waals surface area contributed by atoms with Gasteiger partial charge in [-0.05, 0) is 58.9 Å². The molecule has 2 aliphatic rings. The average molecular weight is 391 g/mol. The van der Waals surface area contributed by atoms with Crippen molar-refractivity contribution in [1.29, 1.82) is 0 Å². The number of nitrogens with one attached hydrogen (secondary N) is 1. The standard InChI is InChI=1S/C25H21N5/c1-2-8-18(9-3-1)24-16-22-21-12-5-4-7-17(21)13-14-23(22)30(24)20-11-6-10-19(15-20)25-26-28-29-27-25/h1-12,15,24H,13-14,16H2,(H,26,27,28,29). The summed E-state index contributed by atoms with van der Waals surface area (Å²) in [5.41, 5.74) is 9.29. The van der Waals surface area contributed by atoms with E-state index in [-0.39, 0.29) is 6.04 Å². The number of anilines is 1. The van der Waals surface area contributed by atoms with E-state index in [1.807, 2.05) is 6.07 Å². The number of H-pyrrole nitrogens is 1. The van der Waals surface area contributed by atoms with Gasteiger partial charge in [-0.1, -0.05) is 66.7 Å². The summed E-state index contributed by atoms with van der Waals surface area (Å²) in [4.78, 5) is 2.53. The molecule has 1 atom stereocenters. The van der Waals surface area contributed by atoms with Gasteiger partial charge in [0.1, 0.15) is 0 Å². The molecule has 1 aliphatic heterocycles. The third-order valence-corrected chi connectivity index (χ3v) is 6.23. The largest absolute Gasteiger partial charge is 0.337 e. The lowest BCUT2D eigenvalue weighted by molar-refractivity contribution is 0.718. The van der Waals surface area contributed by atoms with Crippen molar-refractivity contribution in [2.24, 2.45) is 0 Å². The molecular formula is C25H21N5. The summed E-state index contributed by atoms with van der Waals surface area (Å²) < 4.78 is 0. The first-order valence-corrected chi connectivity index (χ1v) is 10.4. The number of nitrogens with zero attached hydrogens (tertiary/aromatic N) is 4. The molecule has 4 aromatic rings. The number of aromatic amines is 1. The Morgan fingerprint density at radius 1 is 0.867 bits per heavy atom. The SMILES string of the molecule is c1ccc(C2CC3=C(CCc4ccccc43)N2c2cccc(-c3nn[nH]n3)c2)cc1. The Morgan fingerprint density at radius 3 is 2.60 bits per heavy atom. The van der Waals surface area contributed by atoms with Crippen LogP contribution in [0.2, 0.25) is 0 Å². The Morgan fingerprint density at radius 2 is 1.73 bits per heavy atom. The quantitative estimate of drug-likeness (QED) is 0.523. The van der Waals surface area contributed by atoms with Crippen molar-refractivity contribution in [1.82, 2.24) is 20.6 Å². The second kappa shape index (κ2) is 6.95. The monoisotopic (exact) mass is 391 g/mol. The lowest BCUT2D eigenvalue weighted by Gasteiger charge is -2.31. The van der Waals surface area contributed by atoms with Crippen molar-refractivity contribution in [3.63, 3.8) is 0 Å². The van der Waals surface area contributed by atoms with E-state index >= 15 is 0 Å². The number of hydrogen-bond acceptors (Lipinski definition) is 4. The number of rotatable bonds is 3. The van der Waals surface area contributed by atoms with Gasteiger partial charge in [0.2, 0.25) is 5.82 Å². The van der Waals surface area contributed by atoms with Gasteiger partial charge in [0.25, 0.3) is 0 Å². The molecule has 1 N–H and O–H groups in total. The highest BCUT2D eigenvalue weighted by Gasteiger charge is 2.36. The molecule has 0 bridgehead atoms. The lowest BCUT2D eigenvalue weighted by Crippen LogP contribution is -2.24. The Balaban J connectivity index is 1.50. The van der Waals surface area contributed by atoms with Crippen molar-refractivity contribution in [2.45, 2.75) is 25.3 Å². The summed E-state index contributed by atoms with van der Waals surface area (Å²) in [5, 5.41) is 14.6. The molecule has 1 unspecified atom stereocenters. The zero-order valence-corrected chi connectivity index (χ0v) is 16.5. The fourth-order valence-electron chi connectivity index (χ4n) is 4.92. The number of aromatic nitrogens is 4. The van der Waals surface area contributed by atoms with E-state index in [0.29, 0.717) is 5.82 Å². The molecule has 0 amide bonds.